The van der Waals surface area contributed by atoms with E-state index in [1.807, 2.05) is 66.1 Å². The molecule has 162 valence electrons. The van der Waals surface area contributed by atoms with Crippen molar-refractivity contribution in [3.63, 3.8) is 0 Å². The van der Waals surface area contributed by atoms with Crippen molar-refractivity contribution in [3.05, 3.63) is 71.9 Å². The molecule has 0 radical (unpaired) electrons. The number of carbonyl (C=O) groups excluding carboxylic acids is 1. The Kier molecular flexibility index (Phi) is 6.13. The quantitative estimate of drug-likeness (QED) is 0.432. The first kappa shape index (κ1) is 21.1. The van der Waals surface area contributed by atoms with Crippen molar-refractivity contribution in [2.45, 2.75) is 13.3 Å². The number of rotatable bonds is 9. The fraction of sp³-hybridized carbons (Fsp3) is 0.200. The lowest BCUT2D eigenvalue weighted by molar-refractivity contribution is 0.100. The summed E-state index contributed by atoms with van der Waals surface area (Å²) in [6.45, 7) is 2.86. The van der Waals surface area contributed by atoms with Gasteiger partial charge >= 0.3 is 0 Å². The number of amides is 1. The Morgan fingerprint density at radius 2 is 1.84 bits per heavy atom. The van der Waals surface area contributed by atoms with E-state index < -0.39 is 5.91 Å². The van der Waals surface area contributed by atoms with Gasteiger partial charge in [0.15, 0.2) is 6.61 Å². The lowest BCUT2D eigenvalue weighted by Crippen LogP contribution is -2.11. The Balaban J connectivity index is 1.70. The van der Waals surface area contributed by atoms with Gasteiger partial charge in [0, 0.05) is 24.8 Å². The van der Waals surface area contributed by atoms with Gasteiger partial charge < -0.3 is 24.3 Å². The molecule has 0 spiro atoms. The molecule has 32 heavy (non-hydrogen) atoms. The fourth-order valence-electron chi connectivity index (χ4n) is 3.76. The molecule has 4 aromatic rings. The molecule has 0 fully saturated rings. The molecule has 2 aromatic heterocycles. The van der Waals surface area contributed by atoms with Crippen LogP contribution >= 0.6 is 0 Å². The van der Waals surface area contributed by atoms with Crippen LogP contribution in [0.1, 0.15) is 22.8 Å². The van der Waals surface area contributed by atoms with Crippen LogP contribution in [0.3, 0.4) is 0 Å². The summed E-state index contributed by atoms with van der Waals surface area (Å²) in [5, 5.41) is 9.52. The van der Waals surface area contributed by atoms with E-state index in [0.29, 0.717) is 47.6 Å². The molecule has 0 saturated carbocycles. The van der Waals surface area contributed by atoms with Crippen LogP contribution in [0.5, 0.6) is 17.2 Å². The van der Waals surface area contributed by atoms with E-state index in [0.717, 1.165) is 16.8 Å². The van der Waals surface area contributed by atoms with Crippen LogP contribution in [0.25, 0.3) is 16.4 Å². The maximum absolute atomic E-state index is 12.3. The van der Waals surface area contributed by atoms with Gasteiger partial charge in [0.2, 0.25) is 0 Å². The van der Waals surface area contributed by atoms with Crippen LogP contribution in [-0.2, 0) is 6.42 Å². The molecule has 0 aliphatic heterocycles. The Bertz CT molecular complexity index is 1300. The molecule has 0 atom stereocenters. The van der Waals surface area contributed by atoms with Gasteiger partial charge in [0.05, 0.1) is 35.2 Å². The monoisotopic (exact) mass is 429 g/mol. The number of pyridine rings is 1. The lowest BCUT2D eigenvalue weighted by atomic mass is 10.1. The standard InChI is InChI=1S/C25H23N3O4/c1-2-30-18-8-6-17(7-9-18)10-13-32-22-16-19(31-14-11-26)15-21-23(22)24(25(27)29)20-5-3-4-12-28(20)21/h3-9,12,15-16H,2,10,13-14H2,1H3,(H2,27,29). The van der Waals surface area contributed by atoms with E-state index in [2.05, 4.69) is 0 Å². The first-order valence-corrected chi connectivity index (χ1v) is 10.3. The molecule has 7 nitrogen and oxygen atoms in total. The third-order valence-corrected chi connectivity index (χ3v) is 5.11. The van der Waals surface area contributed by atoms with Crippen molar-refractivity contribution in [2.24, 2.45) is 5.73 Å². The molecule has 0 bridgehead atoms. The van der Waals surface area contributed by atoms with Crippen molar-refractivity contribution in [3.8, 4) is 23.3 Å². The summed E-state index contributed by atoms with van der Waals surface area (Å²) in [6, 6.07) is 18.9. The van der Waals surface area contributed by atoms with Gasteiger partial charge in [-0.2, -0.15) is 5.26 Å². The SMILES string of the molecule is CCOc1ccc(CCOc2cc(OCC#N)cc3c2c(C(N)=O)c2ccccn23)cc1. The zero-order chi connectivity index (χ0) is 22.5. The maximum atomic E-state index is 12.3. The molecule has 2 aromatic carbocycles. The van der Waals surface area contributed by atoms with Crippen LogP contribution in [-0.4, -0.2) is 30.1 Å². The van der Waals surface area contributed by atoms with Crippen LogP contribution in [0, 0.1) is 11.3 Å². The first-order valence-electron chi connectivity index (χ1n) is 10.3. The molecule has 0 saturated heterocycles. The number of nitriles is 1. The first-order chi connectivity index (χ1) is 15.6. The number of fused-ring (bicyclic) bond motifs is 3. The van der Waals surface area contributed by atoms with Gasteiger partial charge in [0.25, 0.3) is 5.91 Å². The second kappa shape index (κ2) is 9.31. The van der Waals surface area contributed by atoms with Gasteiger partial charge in [-0.25, -0.2) is 0 Å². The zero-order valence-corrected chi connectivity index (χ0v) is 17.7. The van der Waals surface area contributed by atoms with Crippen molar-refractivity contribution in [2.75, 3.05) is 19.8 Å². The van der Waals surface area contributed by atoms with E-state index in [1.54, 1.807) is 12.1 Å². The van der Waals surface area contributed by atoms with E-state index in [9.17, 15) is 4.79 Å². The van der Waals surface area contributed by atoms with Crippen LogP contribution in [0.4, 0.5) is 0 Å². The van der Waals surface area contributed by atoms with Gasteiger partial charge in [0.1, 0.15) is 23.3 Å². The molecular formula is C25H23N3O4. The Morgan fingerprint density at radius 3 is 2.56 bits per heavy atom. The normalized spacial score (nSPS) is 10.8. The summed E-state index contributed by atoms with van der Waals surface area (Å²) in [5.74, 6) is 1.26. The third-order valence-electron chi connectivity index (χ3n) is 5.11. The van der Waals surface area contributed by atoms with Crippen LogP contribution in [0.15, 0.2) is 60.8 Å². The summed E-state index contributed by atoms with van der Waals surface area (Å²) in [6.07, 6.45) is 2.51. The highest BCUT2D eigenvalue weighted by Gasteiger charge is 2.21. The number of ether oxygens (including phenoxy) is 3. The van der Waals surface area contributed by atoms with Crippen molar-refractivity contribution < 1.29 is 19.0 Å². The Morgan fingerprint density at radius 1 is 1.03 bits per heavy atom. The predicted octanol–water partition coefficient (Wildman–Crippen LogP) is 4.11. The smallest absolute Gasteiger partial charge is 0.251 e. The molecule has 7 heteroatoms. The van der Waals surface area contributed by atoms with E-state index in [4.69, 9.17) is 25.2 Å². The fourth-order valence-corrected chi connectivity index (χ4v) is 3.76. The predicted molar refractivity (Wildman–Crippen MR) is 121 cm³/mol. The average molecular weight is 429 g/mol. The van der Waals surface area contributed by atoms with Gasteiger partial charge in [-0.3, -0.25) is 4.79 Å². The molecule has 0 aliphatic carbocycles. The van der Waals surface area contributed by atoms with Gasteiger partial charge in [-0.05, 0) is 36.8 Å². The van der Waals surface area contributed by atoms with Crippen LogP contribution in [0.2, 0.25) is 0 Å². The molecule has 4 rings (SSSR count). The largest absolute Gasteiger partial charge is 0.494 e. The summed E-state index contributed by atoms with van der Waals surface area (Å²) in [7, 11) is 0. The molecular weight excluding hydrogens is 406 g/mol. The molecule has 2 N–H and O–H groups in total. The Labute approximate surface area is 185 Å². The van der Waals surface area contributed by atoms with Crippen molar-refractivity contribution >= 4 is 22.3 Å². The second-order valence-corrected chi connectivity index (χ2v) is 7.13. The topological polar surface area (TPSA) is 99.0 Å². The third kappa shape index (κ3) is 4.16. The number of primary amides is 1. The zero-order valence-electron chi connectivity index (χ0n) is 17.7. The highest BCUT2D eigenvalue weighted by atomic mass is 16.5. The van der Waals surface area contributed by atoms with E-state index >= 15 is 0 Å². The summed E-state index contributed by atoms with van der Waals surface area (Å²) in [5.41, 5.74) is 8.64. The minimum atomic E-state index is -0.536. The van der Waals surface area contributed by atoms with Crippen LogP contribution < -0.4 is 19.9 Å². The van der Waals surface area contributed by atoms with E-state index in [1.165, 1.54) is 0 Å². The molecule has 1 amide bonds. The molecule has 0 unspecified atom stereocenters. The number of nitrogens with two attached hydrogens (primary N) is 1. The summed E-state index contributed by atoms with van der Waals surface area (Å²) in [4.78, 5) is 12.3. The maximum Gasteiger partial charge on any atom is 0.251 e. The number of hydrogen-bond donors (Lipinski definition) is 1. The lowest BCUT2D eigenvalue weighted by Gasteiger charge is -2.12. The van der Waals surface area contributed by atoms with Gasteiger partial charge in [-0.1, -0.05) is 18.2 Å². The highest BCUT2D eigenvalue weighted by Crippen LogP contribution is 2.37. The van der Waals surface area contributed by atoms with Gasteiger partial charge in [-0.15, -0.1) is 0 Å². The minimum Gasteiger partial charge on any atom is -0.494 e. The molecule has 2 heterocycles. The molecule has 0 aliphatic rings. The number of nitrogens with zero attached hydrogens (tertiary/aromatic N) is 2. The van der Waals surface area contributed by atoms with E-state index in [-0.39, 0.29) is 6.61 Å². The highest BCUT2D eigenvalue weighted by molar-refractivity contribution is 6.15. The second-order valence-electron chi connectivity index (χ2n) is 7.13. The average Bonchev–Trinajstić information content (AvgIpc) is 3.14. The summed E-state index contributed by atoms with van der Waals surface area (Å²) < 4.78 is 19.0. The minimum absolute atomic E-state index is 0.0941. The Hall–Kier alpha value is -4.18. The number of benzene rings is 2. The number of hydrogen-bond acceptors (Lipinski definition) is 5. The van der Waals surface area contributed by atoms with Crippen molar-refractivity contribution in [1.82, 2.24) is 4.40 Å². The number of carbonyl (C=O) groups is 1. The number of aromatic nitrogens is 1. The van der Waals surface area contributed by atoms with Crippen molar-refractivity contribution in [1.29, 1.82) is 5.26 Å². The summed E-state index contributed by atoms with van der Waals surface area (Å²) >= 11 is 0.